The van der Waals surface area contributed by atoms with E-state index in [0.717, 1.165) is 10.00 Å². The number of hydrogen-bond acceptors (Lipinski definition) is 5. The molecule has 0 spiro atoms. The monoisotopic (exact) mass is 355 g/mol. The van der Waals surface area contributed by atoms with E-state index in [4.69, 9.17) is 4.74 Å². The number of fused-ring (bicyclic) bond motifs is 1. The van der Waals surface area contributed by atoms with E-state index >= 15 is 0 Å². The summed E-state index contributed by atoms with van der Waals surface area (Å²) < 4.78 is 48.3. The molecule has 10 heteroatoms. The van der Waals surface area contributed by atoms with E-state index in [1.165, 1.54) is 36.7 Å². The summed E-state index contributed by atoms with van der Waals surface area (Å²) in [4.78, 5) is 7.91. The van der Waals surface area contributed by atoms with Crippen LogP contribution >= 0.6 is 0 Å². The molecule has 0 aliphatic carbocycles. The van der Waals surface area contributed by atoms with E-state index in [-0.39, 0.29) is 31.6 Å². The average molecular weight is 355 g/mol. The number of rotatable bonds is 5. The van der Waals surface area contributed by atoms with Gasteiger partial charge in [-0.1, -0.05) is 0 Å². The summed E-state index contributed by atoms with van der Waals surface area (Å²) in [6.45, 7) is 0.518. The van der Waals surface area contributed by atoms with Crippen molar-refractivity contribution in [2.24, 2.45) is 0 Å². The fourth-order valence-electron chi connectivity index (χ4n) is 2.54. The molecule has 0 aromatic carbocycles. The van der Waals surface area contributed by atoms with Crippen LogP contribution in [0.4, 0.5) is 4.39 Å². The van der Waals surface area contributed by atoms with Crippen molar-refractivity contribution < 1.29 is 17.5 Å². The second-order valence-corrected chi connectivity index (χ2v) is 7.77. The zero-order valence-corrected chi connectivity index (χ0v) is 14.1. The van der Waals surface area contributed by atoms with E-state index in [1.807, 2.05) is 4.57 Å². The first-order valence-electron chi connectivity index (χ1n) is 7.31. The molecule has 1 aliphatic rings. The third-order valence-electron chi connectivity index (χ3n) is 3.82. The maximum absolute atomic E-state index is 13.6. The van der Waals surface area contributed by atoms with Crippen LogP contribution in [0.1, 0.15) is 11.7 Å². The van der Waals surface area contributed by atoms with E-state index in [2.05, 4.69) is 9.97 Å². The summed E-state index contributed by atoms with van der Waals surface area (Å²) in [5, 5.41) is 0. The zero-order chi connectivity index (χ0) is 17.3. The fraction of sp³-hybridized carbons (Fsp3) is 0.429. The van der Waals surface area contributed by atoms with Gasteiger partial charge in [0.05, 0.1) is 24.6 Å². The molecule has 2 aromatic rings. The zero-order valence-electron chi connectivity index (χ0n) is 13.3. The molecule has 3 heterocycles. The Hall–Kier alpha value is -2.04. The second kappa shape index (κ2) is 6.46. The Labute approximate surface area is 139 Å². The molecule has 1 atom stereocenters. The van der Waals surface area contributed by atoms with Gasteiger partial charge in [0.1, 0.15) is 6.61 Å². The number of halogens is 1. The minimum Gasteiger partial charge on any atom is -0.473 e. The third-order valence-corrected chi connectivity index (χ3v) is 5.67. The molecule has 0 radical (unpaired) electrons. The van der Waals surface area contributed by atoms with Crippen molar-refractivity contribution in [2.75, 3.05) is 27.2 Å². The first-order valence-corrected chi connectivity index (χ1v) is 8.71. The van der Waals surface area contributed by atoms with Gasteiger partial charge in [-0.2, -0.15) is 17.0 Å². The predicted octanol–water partition coefficient (Wildman–Crippen LogP) is 0.659. The van der Waals surface area contributed by atoms with Crippen LogP contribution in [0, 0.1) is 5.82 Å². The highest BCUT2D eigenvalue weighted by molar-refractivity contribution is 7.86. The average Bonchev–Trinajstić information content (AvgIpc) is 3.02. The molecule has 24 heavy (non-hydrogen) atoms. The molecule has 0 saturated carbocycles. The maximum Gasteiger partial charge on any atom is 0.281 e. The Morgan fingerprint density at radius 1 is 1.46 bits per heavy atom. The van der Waals surface area contributed by atoms with E-state index in [1.54, 1.807) is 12.5 Å². The molecule has 2 aromatic heterocycles. The second-order valence-electron chi connectivity index (χ2n) is 5.63. The van der Waals surface area contributed by atoms with Gasteiger partial charge in [-0.3, -0.25) is 0 Å². The van der Waals surface area contributed by atoms with Gasteiger partial charge in [0.2, 0.25) is 5.88 Å². The van der Waals surface area contributed by atoms with Crippen molar-refractivity contribution in [3.63, 3.8) is 0 Å². The Morgan fingerprint density at radius 2 is 2.25 bits per heavy atom. The molecule has 0 amide bonds. The Bertz CT molecular complexity index is 823. The lowest BCUT2D eigenvalue weighted by atomic mass is 10.2. The molecule has 0 bridgehead atoms. The molecule has 0 saturated heterocycles. The largest absolute Gasteiger partial charge is 0.473 e. The number of aromatic nitrogens is 3. The van der Waals surface area contributed by atoms with Crippen molar-refractivity contribution >= 4 is 10.2 Å². The topological polar surface area (TPSA) is 80.6 Å². The lowest BCUT2D eigenvalue weighted by Crippen LogP contribution is -2.46. The standard InChI is InChI=1S/C14H18FN5O3S/c1-18(2)24(21,22)19-7-11-6-16-10-20(11)12(8-19)9-23-14-13(15)4-3-5-17-14/h3-6,10,12H,7-9H2,1-2H3/t12-/m1/s1. The number of pyridine rings is 1. The predicted molar refractivity (Wildman–Crippen MR) is 84.0 cm³/mol. The number of imidazole rings is 1. The van der Waals surface area contributed by atoms with Crippen molar-refractivity contribution in [1.29, 1.82) is 0 Å². The van der Waals surface area contributed by atoms with Crippen molar-refractivity contribution in [3.05, 3.63) is 42.4 Å². The van der Waals surface area contributed by atoms with E-state index in [0.29, 0.717) is 0 Å². The molecule has 1 aliphatic heterocycles. The highest BCUT2D eigenvalue weighted by Crippen LogP contribution is 2.25. The van der Waals surface area contributed by atoms with Crippen molar-refractivity contribution in [3.8, 4) is 5.88 Å². The van der Waals surface area contributed by atoms with Crippen LogP contribution in [-0.4, -0.2) is 58.8 Å². The lowest BCUT2D eigenvalue weighted by Gasteiger charge is -2.34. The maximum atomic E-state index is 13.6. The van der Waals surface area contributed by atoms with Crippen LogP contribution in [0.3, 0.4) is 0 Å². The van der Waals surface area contributed by atoms with Gasteiger partial charge in [-0.15, -0.1) is 0 Å². The van der Waals surface area contributed by atoms with Gasteiger partial charge in [0.25, 0.3) is 10.2 Å². The van der Waals surface area contributed by atoms with Crippen LogP contribution in [0.25, 0.3) is 0 Å². The Balaban J connectivity index is 1.81. The van der Waals surface area contributed by atoms with E-state index in [9.17, 15) is 12.8 Å². The SMILES string of the molecule is CN(C)S(=O)(=O)N1Cc2cncn2[C@@H](COc2ncccc2F)C1. The smallest absolute Gasteiger partial charge is 0.281 e. The van der Waals surface area contributed by atoms with E-state index < -0.39 is 16.0 Å². The summed E-state index contributed by atoms with van der Waals surface area (Å²) in [7, 11) is -0.600. The van der Waals surface area contributed by atoms with Gasteiger partial charge in [-0.05, 0) is 12.1 Å². The molecule has 0 unspecified atom stereocenters. The first kappa shape index (κ1) is 16.8. The van der Waals surface area contributed by atoms with Crippen molar-refractivity contribution in [1.82, 2.24) is 23.1 Å². The Kier molecular flexibility index (Phi) is 4.52. The molecular formula is C14H18FN5O3S. The summed E-state index contributed by atoms with van der Waals surface area (Å²) in [5.74, 6) is -0.663. The van der Waals surface area contributed by atoms with Crippen molar-refractivity contribution in [2.45, 2.75) is 12.6 Å². The van der Waals surface area contributed by atoms with Crippen LogP contribution < -0.4 is 4.74 Å². The number of nitrogens with zero attached hydrogens (tertiary/aromatic N) is 5. The first-order chi connectivity index (χ1) is 11.4. The molecule has 130 valence electrons. The quantitative estimate of drug-likeness (QED) is 0.787. The minimum atomic E-state index is -3.56. The molecular weight excluding hydrogens is 337 g/mol. The summed E-state index contributed by atoms with van der Waals surface area (Å²) in [6.07, 6.45) is 4.67. The lowest BCUT2D eigenvalue weighted by molar-refractivity contribution is 0.181. The van der Waals surface area contributed by atoms with Crippen LogP contribution in [0.2, 0.25) is 0 Å². The number of hydrogen-bond donors (Lipinski definition) is 0. The van der Waals surface area contributed by atoms with Gasteiger partial charge < -0.3 is 9.30 Å². The highest BCUT2D eigenvalue weighted by Gasteiger charge is 2.34. The molecule has 0 N–H and O–H groups in total. The van der Waals surface area contributed by atoms with Gasteiger partial charge in [0, 0.05) is 33.0 Å². The minimum absolute atomic E-state index is 0.0801. The summed E-state index contributed by atoms with van der Waals surface area (Å²) in [6, 6.07) is 2.41. The van der Waals surface area contributed by atoms with Crippen LogP contribution in [0.5, 0.6) is 5.88 Å². The van der Waals surface area contributed by atoms with Crippen LogP contribution in [-0.2, 0) is 16.8 Å². The summed E-state index contributed by atoms with van der Waals surface area (Å²) >= 11 is 0. The fourth-order valence-corrected chi connectivity index (χ4v) is 3.66. The number of ether oxygens (including phenoxy) is 1. The molecule has 0 fully saturated rings. The third kappa shape index (κ3) is 3.12. The molecule has 8 nitrogen and oxygen atoms in total. The molecule has 3 rings (SSSR count). The van der Waals surface area contributed by atoms with Crippen LogP contribution in [0.15, 0.2) is 30.9 Å². The van der Waals surface area contributed by atoms with Gasteiger partial charge in [0.15, 0.2) is 5.82 Å². The highest BCUT2D eigenvalue weighted by atomic mass is 32.2. The summed E-state index contributed by atoms with van der Waals surface area (Å²) in [5.41, 5.74) is 0.752. The Morgan fingerprint density at radius 3 is 2.96 bits per heavy atom. The van der Waals surface area contributed by atoms with Gasteiger partial charge in [-0.25, -0.2) is 14.4 Å². The normalized spacial score (nSPS) is 18.6. The van der Waals surface area contributed by atoms with Gasteiger partial charge >= 0.3 is 0 Å².